The zero-order valence-electron chi connectivity index (χ0n) is 12.8. The topological polar surface area (TPSA) is 58.6 Å². The predicted molar refractivity (Wildman–Crippen MR) is 92.6 cm³/mol. The number of carboxylic acid groups (broad SMARTS) is 1. The van der Waals surface area contributed by atoms with Crippen LogP contribution >= 0.6 is 23.2 Å². The summed E-state index contributed by atoms with van der Waals surface area (Å²) >= 11 is 11.9. The van der Waals surface area contributed by atoms with Gasteiger partial charge >= 0.3 is 5.97 Å². The fourth-order valence-electron chi connectivity index (χ4n) is 1.87. The average Bonchev–Trinajstić information content (AvgIpc) is 2.49. The van der Waals surface area contributed by atoms with E-state index in [-0.39, 0.29) is 0 Å². The minimum atomic E-state index is -1.32. The second-order valence-electron chi connectivity index (χ2n) is 5.52. The maximum Gasteiger partial charge on any atom is 0.347 e. The van der Waals surface area contributed by atoms with Gasteiger partial charge in [-0.15, -0.1) is 0 Å². The molecule has 2 N–H and O–H groups in total. The van der Waals surface area contributed by atoms with Gasteiger partial charge in [-0.2, -0.15) is 0 Å². The molecule has 0 saturated heterocycles. The summed E-state index contributed by atoms with van der Waals surface area (Å²) in [5, 5.41) is 13.4. The Kier molecular flexibility index (Phi) is 5.39. The number of anilines is 1. The molecule has 6 heteroatoms. The first kappa shape index (κ1) is 17.4. The van der Waals surface area contributed by atoms with Crippen molar-refractivity contribution in [2.75, 3.05) is 5.32 Å². The monoisotopic (exact) mass is 353 g/mol. The Morgan fingerprint density at radius 1 is 1.17 bits per heavy atom. The normalized spacial score (nSPS) is 11.1. The number of halogens is 2. The van der Waals surface area contributed by atoms with E-state index >= 15 is 0 Å². The highest BCUT2D eigenvalue weighted by Crippen LogP contribution is 2.29. The Morgan fingerprint density at radius 3 is 2.52 bits per heavy atom. The molecular formula is C17H17Cl2NO3. The van der Waals surface area contributed by atoms with Crippen molar-refractivity contribution in [1.29, 1.82) is 0 Å². The summed E-state index contributed by atoms with van der Waals surface area (Å²) in [6.45, 7) is 3.51. The first-order chi connectivity index (χ1) is 10.8. The number of carbonyl (C=O) groups is 1. The van der Waals surface area contributed by atoms with Gasteiger partial charge in [0, 0.05) is 6.54 Å². The van der Waals surface area contributed by atoms with Gasteiger partial charge < -0.3 is 15.2 Å². The number of aliphatic carboxylic acids is 1. The third kappa shape index (κ3) is 4.53. The molecule has 4 nitrogen and oxygen atoms in total. The van der Waals surface area contributed by atoms with Gasteiger partial charge in [-0.05, 0) is 43.7 Å². The van der Waals surface area contributed by atoms with Crippen molar-refractivity contribution in [3.05, 3.63) is 58.1 Å². The van der Waals surface area contributed by atoms with Crippen LogP contribution < -0.4 is 10.1 Å². The summed E-state index contributed by atoms with van der Waals surface area (Å²) in [5.74, 6) is -0.559. The molecule has 2 aromatic carbocycles. The molecule has 23 heavy (non-hydrogen) atoms. The molecule has 0 unspecified atom stereocenters. The van der Waals surface area contributed by atoms with Crippen molar-refractivity contribution >= 4 is 34.9 Å². The lowest BCUT2D eigenvalue weighted by Crippen LogP contribution is -2.38. The van der Waals surface area contributed by atoms with Crippen molar-refractivity contribution in [2.45, 2.75) is 26.0 Å². The Balaban J connectivity index is 2.14. The van der Waals surface area contributed by atoms with E-state index in [1.807, 2.05) is 18.2 Å². The van der Waals surface area contributed by atoms with Crippen molar-refractivity contribution in [2.24, 2.45) is 0 Å². The van der Waals surface area contributed by atoms with Gasteiger partial charge in [0.2, 0.25) is 0 Å². The maximum absolute atomic E-state index is 11.2. The fourth-order valence-corrected chi connectivity index (χ4v) is 2.19. The van der Waals surface area contributed by atoms with Crippen LogP contribution in [0.2, 0.25) is 10.0 Å². The molecule has 122 valence electrons. The van der Waals surface area contributed by atoms with Crippen LogP contribution in [0.4, 0.5) is 5.69 Å². The van der Waals surface area contributed by atoms with E-state index in [0.29, 0.717) is 28.0 Å². The summed E-state index contributed by atoms with van der Waals surface area (Å²) in [4.78, 5) is 11.2. The lowest BCUT2D eigenvalue weighted by atomic mass is 10.1. The van der Waals surface area contributed by atoms with Crippen molar-refractivity contribution < 1.29 is 14.6 Å². The molecule has 0 aliphatic carbocycles. The molecule has 0 aliphatic heterocycles. The van der Waals surface area contributed by atoms with Crippen molar-refractivity contribution in [3.63, 3.8) is 0 Å². The number of ether oxygens (including phenoxy) is 1. The predicted octanol–water partition coefficient (Wildman–Crippen LogP) is 4.85. The molecule has 0 fully saturated rings. The lowest BCUT2D eigenvalue weighted by Gasteiger charge is -2.23. The maximum atomic E-state index is 11.2. The summed E-state index contributed by atoms with van der Waals surface area (Å²) in [6.07, 6.45) is 0. The molecule has 2 aromatic rings. The number of benzene rings is 2. The van der Waals surface area contributed by atoms with E-state index < -0.39 is 11.6 Å². The van der Waals surface area contributed by atoms with E-state index in [4.69, 9.17) is 27.9 Å². The van der Waals surface area contributed by atoms with Gasteiger partial charge in [0.25, 0.3) is 0 Å². The molecule has 0 aromatic heterocycles. The van der Waals surface area contributed by atoms with Crippen LogP contribution in [0.5, 0.6) is 5.75 Å². The van der Waals surface area contributed by atoms with Crippen LogP contribution in [0.3, 0.4) is 0 Å². The third-order valence-corrected chi connectivity index (χ3v) is 3.97. The van der Waals surface area contributed by atoms with Gasteiger partial charge in [0.05, 0.1) is 15.7 Å². The summed E-state index contributed by atoms with van der Waals surface area (Å²) < 4.78 is 5.62. The summed E-state index contributed by atoms with van der Waals surface area (Å²) in [6, 6.07) is 12.6. The van der Waals surface area contributed by atoms with Crippen LogP contribution in [0, 0.1) is 0 Å². The Morgan fingerprint density at radius 2 is 1.87 bits per heavy atom. The first-order valence-electron chi connectivity index (χ1n) is 6.99. The highest BCUT2D eigenvalue weighted by atomic mass is 35.5. The van der Waals surface area contributed by atoms with Crippen molar-refractivity contribution in [3.8, 4) is 5.75 Å². The first-order valence-corrected chi connectivity index (χ1v) is 7.74. The van der Waals surface area contributed by atoms with Crippen LogP contribution in [-0.4, -0.2) is 16.7 Å². The standard InChI is InChI=1S/C17H17Cl2NO3/c1-17(2,16(21)22)23-15-6-4-3-5-14(15)20-10-11-7-8-12(18)13(19)9-11/h3-9,20H,10H2,1-2H3,(H,21,22). The van der Waals surface area contributed by atoms with Gasteiger partial charge in [-0.3, -0.25) is 0 Å². The Hall–Kier alpha value is -1.91. The van der Waals surface area contributed by atoms with Gasteiger partial charge in [0.15, 0.2) is 5.60 Å². The van der Waals surface area contributed by atoms with Crippen molar-refractivity contribution in [1.82, 2.24) is 0 Å². The van der Waals surface area contributed by atoms with E-state index in [2.05, 4.69) is 5.32 Å². The van der Waals surface area contributed by atoms with Gasteiger partial charge in [-0.1, -0.05) is 41.4 Å². The SMILES string of the molecule is CC(C)(Oc1ccccc1NCc1ccc(Cl)c(Cl)c1)C(=O)O. The fraction of sp³-hybridized carbons (Fsp3) is 0.235. The largest absolute Gasteiger partial charge is 0.478 e. The van der Waals surface area contributed by atoms with E-state index in [1.165, 1.54) is 13.8 Å². The molecule has 0 atom stereocenters. The number of nitrogens with one attached hydrogen (secondary N) is 1. The number of carboxylic acids is 1. The molecule has 0 heterocycles. The van der Waals surface area contributed by atoms with Crippen LogP contribution in [-0.2, 0) is 11.3 Å². The zero-order valence-corrected chi connectivity index (χ0v) is 14.3. The molecular weight excluding hydrogens is 337 g/mol. The number of hydrogen-bond acceptors (Lipinski definition) is 3. The van der Waals surface area contributed by atoms with Crippen LogP contribution in [0.1, 0.15) is 19.4 Å². The van der Waals surface area contributed by atoms with E-state index in [0.717, 1.165) is 5.56 Å². The van der Waals surface area contributed by atoms with Gasteiger partial charge in [0.1, 0.15) is 5.75 Å². The molecule has 0 amide bonds. The quantitative estimate of drug-likeness (QED) is 0.779. The van der Waals surface area contributed by atoms with Gasteiger partial charge in [-0.25, -0.2) is 4.79 Å². The van der Waals surface area contributed by atoms with Crippen LogP contribution in [0.25, 0.3) is 0 Å². The minimum Gasteiger partial charge on any atom is -0.478 e. The Labute approximate surface area is 145 Å². The highest BCUT2D eigenvalue weighted by Gasteiger charge is 2.30. The summed E-state index contributed by atoms with van der Waals surface area (Å²) in [7, 11) is 0. The highest BCUT2D eigenvalue weighted by molar-refractivity contribution is 6.42. The molecule has 0 saturated carbocycles. The summed E-state index contributed by atoms with van der Waals surface area (Å²) in [5.41, 5.74) is 0.334. The van der Waals surface area contributed by atoms with E-state index in [1.54, 1.807) is 24.3 Å². The number of para-hydroxylation sites is 2. The molecule has 0 bridgehead atoms. The average molecular weight is 354 g/mol. The molecule has 0 aliphatic rings. The van der Waals surface area contributed by atoms with Crippen LogP contribution in [0.15, 0.2) is 42.5 Å². The van der Waals surface area contributed by atoms with E-state index in [9.17, 15) is 9.90 Å². The minimum absolute atomic E-state index is 0.472. The smallest absolute Gasteiger partial charge is 0.347 e. The molecule has 2 rings (SSSR count). The lowest BCUT2D eigenvalue weighted by molar-refractivity contribution is -0.152. The zero-order chi connectivity index (χ0) is 17.0. The number of hydrogen-bond donors (Lipinski definition) is 2. The Bertz CT molecular complexity index is 717. The molecule has 0 radical (unpaired) electrons. The molecule has 0 spiro atoms. The third-order valence-electron chi connectivity index (χ3n) is 3.23. The number of rotatable bonds is 6. The second-order valence-corrected chi connectivity index (χ2v) is 6.33. The second kappa shape index (κ2) is 7.11.